The molecule has 0 aromatic heterocycles. The molecule has 5 nitrogen and oxygen atoms in total. The summed E-state index contributed by atoms with van der Waals surface area (Å²) in [5.74, 6) is -0.283. The Bertz CT molecular complexity index is 806. The van der Waals surface area contributed by atoms with E-state index in [0.717, 1.165) is 11.3 Å². The van der Waals surface area contributed by atoms with Crippen LogP contribution in [0.15, 0.2) is 52.3 Å². The second-order valence-corrected chi connectivity index (χ2v) is 7.87. The predicted octanol–water partition coefficient (Wildman–Crippen LogP) is 4.48. The van der Waals surface area contributed by atoms with E-state index < -0.39 is 12.1 Å². The van der Waals surface area contributed by atoms with Crippen molar-refractivity contribution in [3.63, 3.8) is 0 Å². The molecule has 0 radical (unpaired) electrons. The summed E-state index contributed by atoms with van der Waals surface area (Å²) in [7, 11) is 0. The van der Waals surface area contributed by atoms with Gasteiger partial charge in [0.15, 0.2) is 0 Å². The highest BCUT2D eigenvalue weighted by atomic mass is 32.2. The molecule has 0 aliphatic rings. The second kappa shape index (κ2) is 9.46. The molecule has 0 fully saturated rings. The average Bonchev–Trinajstić information content (AvgIpc) is 2.63. The highest BCUT2D eigenvalue weighted by Crippen LogP contribution is 2.31. The van der Waals surface area contributed by atoms with Crippen LogP contribution in [0.2, 0.25) is 0 Å². The molecule has 0 aliphatic carbocycles. The smallest absolute Gasteiger partial charge is 0.312 e. The molecular weight excluding hydrogens is 358 g/mol. The Balaban J connectivity index is 2.06. The van der Waals surface area contributed by atoms with Crippen molar-refractivity contribution in [1.82, 2.24) is 5.32 Å². The number of nitrogens with two attached hydrogens (primary N) is 1. The zero-order valence-corrected chi connectivity index (χ0v) is 17.0. The van der Waals surface area contributed by atoms with Crippen LogP contribution >= 0.6 is 11.8 Å². The molecule has 2 rings (SSSR count). The Labute approximate surface area is 165 Å². The van der Waals surface area contributed by atoms with Crippen LogP contribution in [0.3, 0.4) is 0 Å². The Morgan fingerprint density at radius 3 is 2.37 bits per heavy atom. The van der Waals surface area contributed by atoms with E-state index in [0.29, 0.717) is 5.69 Å². The number of hydrogen-bond donors (Lipinski definition) is 3. The van der Waals surface area contributed by atoms with Gasteiger partial charge in [-0.1, -0.05) is 44.2 Å². The van der Waals surface area contributed by atoms with Crippen molar-refractivity contribution in [2.45, 2.75) is 49.9 Å². The minimum Gasteiger partial charge on any atom is -0.352 e. The summed E-state index contributed by atoms with van der Waals surface area (Å²) < 4.78 is 0. The Hall–Kier alpha value is -2.47. The first-order valence-corrected chi connectivity index (χ1v) is 9.83. The number of benzene rings is 2. The van der Waals surface area contributed by atoms with Gasteiger partial charge in [0.25, 0.3) is 0 Å². The van der Waals surface area contributed by atoms with E-state index in [9.17, 15) is 9.59 Å². The van der Waals surface area contributed by atoms with Crippen LogP contribution in [-0.2, 0) is 4.79 Å². The number of nitrogens with one attached hydrogen (secondary N) is 2. The maximum Gasteiger partial charge on any atom is 0.312 e. The van der Waals surface area contributed by atoms with Gasteiger partial charge in [0.2, 0.25) is 5.91 Å². The molecule has 2 aromatic rings. The summed E-state index contributed by atoms with van der Waals surface area (Å²) in [5.41, 5.74) is 8.35. The van der Waals surface area contributed by atoms with E-state index in [-0.39, 0.29) is 11.8 Å². The number of amides is 3. The molecule has 0 bridgehead atoms. The first kappa shape index (κ1) is 20.8. The molecule has 2 atom stereocenters. The lowest BCUT2D eigenvalue weighted by Crippen LogP contribution is -2.49. The van der Waals surface area contributed by atoms with Gasteiger partial charge >= 0.3 is 6.03 Å². The number of carbonyl (C=O) groups excluding carboxylic acids is 2. The van der Waals surface area contributed by atoms with Gasteiger partial charge in [-0.05, 0) is 61.2 Å². The molecule has 3 amide bonds. The van der Waals surface area contributed by atoms with E-state index in [1.54, 1.807) is 11.8 Å². The third-order valence-electron chi connectivity index (χ3n) is 4.49. The molecule has 0 saturated carbocycles. The van der Waals surface area contributed by atoms with E-state index in [2.05, 4.69) is 42.7 Å². The number of primary amides is 1. The molecule has 0 saturated heterocycles. The van der Waals surface area contributed by atoms with Crippen molar-refractivity contribution in [1.29, 1.82) is 0 Å². The van der Waals surface area contributed by atoms with Crippen LogP contribution < -0.4 is 16.4 Å². The quantitative estimate of drug-likeness (QED) is 0.657. The van der Waals surface area contributed by atoms with Crippen LogP contribution in [0, 0.1) is 19.8 Å². The zero-order valence-electron chi connectivity index (χ0n) is 16.2. The molecule has 0 heterocycles. The van der Waals surface area contributed by atoms with Crippen molar-refractivity contribution in [2.75, 3.05) is 5.32 Å². The number of carbonyl (C=O) groups is 2. The number of rotatable bonds is 7. The van der Waals surface area contributed by atoms with Crippen molar-refractivity contribution < 1.29 is 9.59 Å². The molecule has 4 N–H and O–H groups in total. The highest BCUT2D eigenvalue weighted by molar-refractivity contribution is 7.99. The minimum atomic E-state index is -0.698. The lowest BCUT2D eigenvalue weighted by Gasteiger charge is -2.22. The van der Waals surface area contributed by atoms with Gasteiger partial charge in [0.05, 0.1) is 0 Å². The van der Waals surface area contributed by atoms with E-state index in [4.69, 9.17) is 5.73 Å². The average molecular weight is 386 g/mol. The summed E-state index contributed by atoms with van der Waals surface area (Å²) in [4.78, 5) is 26.0. The topological polar surface area (TPSA) is 84.2 Å². The monoisotopic (exact) mass is 385 g/mol. The van der Waals surface area contributed by atoms with Crippen molar-refractivity contribution in [2.24, 2.45) is 11.7 Å². The Kier molecular flexibility index (Phi) is 7.30. The standard InChI is InChI=1S/C21H27N3O2S/c1-5-14(3)19(24-21(22)26)20(25)23-16-8-10-17(11-9-16)27-18-12-13(2)6-7-15(18)4/h6-12,14,19H,5H2,1-4H3,(H,23,25)(H3,22,24,26)/t14-,19+/m0/s1. The Morgan fingerprint density at radius 2 is 1.78 bits per heavy atom. The molecule has 2 aromatic carbocycles. The fourth-order valence-corrected chi connectivity index (χ4v) is 3.63. The van der Waals surface area contributed by atoms with Gasteiger partial charge in [-0.25, -0.2) is 4.79 Å². The van der Waals surface area contributed by atoms with Gasteiger partial charge in [-0.2, -0.15) is 0 Å². The van der Waals surface area contributed by atoms with Gasteiger partial charge < -0.3 is 16.4 Å². The van der Waals surface area contributed by atoms with Crippen molar-refractivity contribution in [3.8, 4) is 0 Å². The second-order valence-electron chi connectivity index (χ2n) is 6.76. The number of urea groups is 1. The maximum atomic E-state index is 12.5. The van der Waals surface area contributed by atoms with E-state index in [1.165, 1.54) is 16.0 Å². The Morgan fingerprint density at radius 1 is 1.11 bits per heavy atom. The molecular formula is C21H27N3O2S. The fraction of sp³-hybridized carbons (Fsp3) is 0.333. The summed E-state index contributed by atoms with van der Waals surface area (Å²) in [5, 5.41) is 5.38. The lowest BCUT2D eigenvalue weighted by molar-refractivity contribution is -0.119. The van der Waals surface area contributed by atoms with E-state index >= 15 is 0 Å². The minimum absolute atomic E-state index is 0.0170. The summed E-state index contributed by atoms with van der Waals surface area (Å²) in [6.45, 7) is 8.05. The van der Waals surface area contributed by atoms with Crippen LogP contribution in [0.1, 0.15) is 31.4 Å². The number of anilines is 1. The molecule has 6 heteroatoms. The molecule has 0 unspecified atom stereocenters. The van der Waals surface area contributed by atoms with Crippen LogP contribution in [0.5, 0.6) is 0 Å². The van der Waals surface area contributed by atoms with Crippen molar-refractivity contribution >= 4 is 29.4 Å². The highest BCUT2D eigenvalue weighted by Gasteiger charge is 2.25. The molecule has 0 aliphatic heterocycles. The normalized spacial score (nSPS) is 12.9. The molecule has 0 spiro atoms. The molecule has 27 heavy (non-hydrogen) atoms. The fourth-order valence-electron chi connectivity index (χ4n) is 2.63. The van der Waals surface area contributed by atoms with Crippen molar-refractivity contribution in [3.05, 3.63) is 53.6 Å². The van der Waals surface area contributed by atoms with Crippen LogP contribution in [0.25, 0.3) is 0 Å². The molecule has 144 valence electrons. The summed E-state index contributed by atoms with van der Waals surface area (Å²) in [6, 6.07) is 12.7. The first-order chi connectivity index (χ1) is 12.8. The zero-order chi connectivity index (χ0) is 20.0. The SMILES string of the molecule is CC[C@H](C)[C@@H](NC(N)=O)C(=O)Nc1ccc(Sc2cc(C)ccc2C)cc1. The third-order valence-corrected chi connectivity index (χ3v) is 5.65. The van der Waals surface area contributed by atoms with Crippen LogP contribution in [0.4, 0.5) is 10.5 Å². The summed E-state index contributed by atoms with van der Waals surface area (Å²) in [6.07, 6.45) is 0.754. The van der Waals surface area contributed by atoms with E-state index in [1.807, 2.05) is 38.1 Å². The number of hydrogen-bond acceptors (Lipinski definition) is 3. The predicted molar refractivity (Wildman–Crippen MR) is 111 cm³/mol. The van der Waals surface area contributed by atoms with Gasteiger partial charge in [-0.3, -0.25) is 4.79 Å². The van der Waals surface area contributed by atoms with Gasteiger partial charge in [-0.15, -0.1) is 0 Å². The lowest BCUT2D eigenvalue weighted by atomic mass is 9.98. The first-order valence-electron chi connectivity index (χ1n) is 9.02. The van der Waals surface area contributed by atoms with Gasteiger partial charge in [0.1, 0.15) is 6.04 Å². The van der Waals surface area contributed by atoms with Crippen LogP contribution in [-0.4, -0.2) is 18.0 Å². The van der Waals surface area contributed by atoms with Gasteiger partial charge in [0, 0.05) is 15.5 Å². The number of aryl methyl sites for hydroxylation is 2. The third kappa shape index (κ3) is 6.03. The summed E-state index contributed by atoms with van der Waals surface area (Å²) >= 11 is 1.69. The maximum absolute atomic E-state index is 12.5. The largest absolute Gasteiger partial charge is 0.352 e.